The quantitative estimate of drug-likeness (QED) is 0.433. The van der Waals surface area contributed by atoms with Crippen LogP contribution in [0.5, 0.6) is 11.5 Å². The van der Waals surface area contributed by atoms with E-state index in [0.29, 0.717) is 51.9 Å². The van der Waals surface area contributed by atoms with Crippen LogP contribution in [0.25, 0.3) is 17.1 Å². The van der Waals surface area contributed by atoms with Crippen molar-refractivity contribution in [3.8, 4) is 28.6 Å². The molecule has 1 amide bonds. The highest BCUT2D eigenvalue weighted by atomic mass is 79.9. The number of hydrogen-bond acceptors (Lipinski definition) is 5. The van der Waals surface area contributed by atoms with Crippen LogP contribution in [0.4, 0.5) is 5.69 Å². The molecule has 0 saturated carbocycles. The van der Waals surface area contributed by atoms with Crippen LogP contribution in [-0.2, 0) is 0 Å². The Kier molecular flexibility index (Phi) is 4.99. The van der Waals surface area contributed by atoms with Gasteiger partial charge in [-0.05, 0) is 47.1 Å². The molecule has 8 heteroatoms. The van der Waals surface area contributed by atoms with Gasteiger partial charge in [-0.15, -0.1) is 0 Å². The fourth-order valence-corrected chi connectivity index (χ4v) is 3.77. The van der Waals surface area contributed by atoms with Gasteiger partial charge in [0.1, 0.15) is 24.7 Å². The normalized spacial score (nSPS) is 12.6. The van der Waals surface area contributed by atoms with Crippen molar-refractivity contribution in [1.82, 2.24) is 9.78 Å². The van der Waals surface area contributed by atoms with Crippen LogP contribution >= 0.6 is 15.9 Å². The number of furan rings is 1. The summed E-state index contributed by atoms with van der Waals surface area (Å²) in [4.78, 5) is 13.3. The first kappa shape index (κ1) is 19.4. The highest BCUT2D eigenvalue weighted by Crippen LogP contribution is 2.38. The molecule has 31 heavy (non-hydrogen) atoms. The molecule has 0 spiro atoms. The summed E-state index contributed by atoms with van der Waals surface area (Å²) in [6, 6.07) is 16.8. The smallest absolute Gasteiger partial charge is 0.259 e. The molecule has 156 valence electrons. The Balaban J connectivity index is 1.53. The maximum atomic E-state index is 13.3. The summed E-state index contributed by atoms with van der Waals surface area (Å²) >= 11 is 3.50. The Morgan fingerprint density at radius 2 is 1.81 bits per heavy atom. The number of anilines is 1. The number of rotatable bonds is 4. The Bertz CT molecular complexity index is 1260. The minimum absolute atomic E-state index is 0.316. The molecule has 0 fully saturated rings. The van der Waals surface area contributed by atoms with E-state index in [1.807, 2.05) is 49.4 Å². The molecular formula is C23H18BrN3O4. The molecule has 3 heterocycles. The number of aromatic nitrogens is 2. The number of hydrogen-bond donors (Lipinski definition) is 1. The molecule has 1 aliphatic heterocycles. The van der Waals surface area contributed by atoms with Gasteiger partial charge in [0, 0.05) is 22.8 Å². The minimum Gasteiger partial charge on any atom is -0.486 e. The van der Waals surface area contributed by atoms with Crippen LogP contribution in [0.15, 0.2) is 69.7 Å². The van der Waals surface area contributed by atoms with Gasteiger partial charge in [-0.1, -0.05) is 18.2 Å². The van der Waals surface area contributed by atoms with E-state index in [0.717, 1.165) is 11.4 Å². The third-order valence-corrected chi connectivity index (χ3v) is 5.49. The second-order valence-electron chi connectivity index (χ2n) is 7.01. The summed E-state index contributed by atoms with van der Waals surface area (Å²) in [7, 11) is 0. The van der Waals surface area contributed by atoms with E-state index in [2.05, 4.69) is 26.3 Å². The summed E-state index contributed by atoms with van der Waals surface area (Å²) in [5, 5.41) is 7.57. The van der Waals surface area contributed by atoms with Gasteiger partial charge in [0.25, 0.3) is 5.91 Å². The lowest BCUT2D eigenvalue weighted by Gasteiger charge is -2.20. The van der Waals surface area contributed by atoms with Crippen molar-refractivity contribution in [1.29, 1.82) is 0 Å². The Hall–Kier alpha value is -3.52. The molecule has 0 atom stereocenters. The zero-order chi connectivity index (χ0) is 21.4. The van der Waals surface area contributed by atoms with Crippen LogP contribution in [0.2, 0.25) is 0 Å². The van der Waals surface area contributed by atoms with Gasteiger partial charge in [0.2, 0.25) is 0 Å². The van der Waals surface area contributed by atoms with E-state index in [-0.39, 0.29) is 5.91 Å². The topological polar surface area (TPSA) is 78.5 Å². The number of halogens is 1. The first-order valence-corrected chi connectivity index (χ1v) is 10.5. The number of benzene rings is 2. The molecule has 0 aliphatic carbocycles. The number of ether oxygens (including phenoxy) is 2. The van der Waals surface area contributed by atoms with E-state index >= 15 is 0 Å². The number of aryl methyl sites for hydroxylation is 1. The molecule has 1 N–H and O–H groups in total. The summed E-state index contributed by atoms with van der Waals surface area (Å²) < 4.78 is 19.3. The van der Waals surface area contributed by atoms with Crippen LogP contribution < -0.4 is 14.8 Å². The molecule has 2 aromatic heterocycles. The molecule has 5 rings (SSSR count). The third kappa shape index (κ3) is 3.82. The zero-order valence-corrected chi connectivity index (χ0v) is 18.2. The van der Waals surface area contributed by atoms with Crippen molar-refractivity contribution in [3.63, 3.8) is 0 Å². The van der Waals surface area contributed by atoms with E-state index < -0.39 is 0 Å². The zero-order valence-electron chi connectivity index (χ0n) is 16.6. The monoisotopic (exact) mass is 479 g/mol. The fraction of sp³-hybridized carbons (Fsp3) is 0.130. The number of nitrogens with zero attached hydrogens (tertiary/aromatic N) is 2. The maximum absolute atomic E-state index is 13.3. The van der Waals surface area contributed by atoms with Gasteiger partial charge < -0.3 is 19.2 Å². The Morgan fingerprint density at radius 3 is 2.52 bits per heavy atom. The van der Waals surface area contributed by atoms with Crippen LogP contribution in [0, 0.1) is 6.92 Å². The highest BCUT2D eigenvalue weighted by Gasteiger charge is 2.23. The third-order valence-electron chi connectivity index (χ3n) is 4.83. The van der Waals surface area contributed by atoms with Crippen molar-refractivity contribution in [2.45, 2.75) is 6.92 Å². The molecule has 2 aromatic carbocycles. The standard InChI is InChI=1S/C23H18BrN3O4/c1-14-7-8-19(31-14)22-16(13-27(26-22)15-5-3-2-4-6-15)23(28)25-18-12-21-20(11-17(18)24)29-9-10-30-21/h2-8,11-13H,9-10H2,1H3,(H,25,28). The van der Waals surface area contributed by atoms with E-state index in [9.17, 15) is 4.79 Å². The van der Waals surface area contributed by atoms with Gasteiger partial charge in [0.15, 0.2) is 17.3 Å². The van der Waals surface area contributed by atoms with Crippen molar-refractivity contribution in [2.24, 2.45) is 0 Å². The van der Waals surface area contributed by atoms with Crippen molar-refractivity contribution < 1.29 is 18.7 Å². The minimum atomic E-state index is -0.316. The molecule has 4 aromatic rings. The molecule has 7 nitrogen and oxygen atoms in total. The molecule has 0 saturated heterocycles. The van der Waals surface area contributed by atoms with Gasteiger partial charge >= 0.3 is 0 Å². The number of nitrogens with one attached hydrogen (secondary N) is 1. The average molecular weight is 480 g/mol. The van der Waals surface area contributed by atoms with Gasteiger partial charge in [-0.25, -0.2) is 4.68 Å². The van der Waals surface area contributed by atoms with Crippen molar-refractivity contribution >= 4 is 27.5 Å². The molecule has 0 bridgehead atoms. The van der Waals surface area contributed by atoms with Crippen LogP contribution in [-0.4, -0.2) is 28.9 Å². The summed E-state index contributed by atoms with van der Waals surface area (Å²) in [6.45, 7) is 2.81. The lowest BCUT2D eigenvalue weighted by atomic mass is 10.2. The maximum Gasteiger partial charge on any atom is 0.259 e. The Labute approximate surface area is 186 Å². The first-order chi connectivity index (χ1) is 15.1. The van der Waals surface area contributed by atoms with Crippen LogP contribution in [0.1, 0.15) is 16.1 Å². The van der Waals surface area contributed by atoms with Crippen molar-refractivity contribution in [2.75, 3.05) is 18.5 Å². The highest BCUT2D eigenvalue weighted by molar-refractivity contribution is 9.10. The van der Waals surface area contributed by atoms with Gasteiger partial charge in [-0.3, -0.25) is 4.79 Å². The number of amides is 1. The largest absolute Gasteiger partial charge is 0.486 e. The predicted octanol–water partition coefficient (Wildman–Crippen LogP) is 5.23. The first-order valence-electron chi connectivity index (χ1n) is 9.71. The SMILES string of the molecule is Cc1ccc(-c2nn(-c3ccccc3)cc2C(=O)Nc2cc3c(cc2Br)OCCO3)o1. The fourth-order valence-electron chi connectivity index (χ4n) is 3.35. The van der Waals surface area contributed by atoms with Crippen LogP contribution in [0.3, 0.4) is 0 Å². The lowest BCUT2D eigenvalue weighted by molar-refractivity contribution is 0.102. The van der Waals surface area contributed by atoms with E-state index in [4.69, 9.17) is 13.9 Å². The lowest BCUT2D eigenvalue weighted by Crippen LogP contribution is -2.17. The predicted molar refractivity (Wildman–Crippen MR) is 119 cm³/mol. The second kappa shape index (κ2) is 7.96. The molecular weight excluding hydrogens is 462 g/mol. The Morgan fingerprint density at radius 1 is 1.06 bits per heavy atom. The molecule has 1 aliphatic rings. The number of carbonyl (C=O) groups is 1. The second-order valence-corrected chi connectivity index (χ2v) is 7.87. The molecule has 0 radical (unpaired) electrons. The van der Waals surface area contributed by atoms with Crippen molar-refractivity contribution in [3.05, 3.63) is 76.6 Å². The van der Waals surface area contributed by atoms with E-state index in [1.165, 1.54) is 0 Å². The van der Waals surface area contributed by atoms with E-state index in [1.54, 1.807) is 23.0 Å². The number of carbonyl (C=O) groups excluding carboxylic acids is 1. The van der Waals surface area contributed by atoms with Gasteiger partial charge in [-0.2, -0.15) is 5.10 Å². The summed E-state index contributed by atoms with van der Waals surface area (Å²) in [5.74, 6) is 2.18. The average Bonchev–Trinajstić information content (AvgIpc) is 3.41. The molecule has 0 unspecified atom stereocenters. The van der Waals surface area contributed by atoms with Gasteiger partial charge in [0.05, 0.1) is 16.9 Å². The summed E-state index contributed by atoms with van der Waals surface area (Å²) in [5.41, 5.74) is 2.26. The number of para-hydroxylation sites is 1. The number of fused-ring (bicyclic) bond motifs is 1. The summed E-state index contributed by atoms with van der Waals surface area (Å²) in [6.07, 6.45) is 1.70.